The van der Waals surface area contributed by atoms with Crippen LogP contribution >= 0.6 is 0 Å². The van der Waals surface area contributed by atoms with Gasteiger partial charge >= 0.3 is 0 Å². The van der Waals surface area contributed by atoms with E-state index in [0.717, 1.165) is 40.7 Å². The summed E-state index contributed by atoms with van der Waals surface area (Å²) in [5.41, 5.74) is 4.96. The van der Waals surface area contributed by atoms with Gasteiger partial charge in [0.25, 0.3) is 0 Å². The van der Waals surface area contributed by atoms with Crippen molar-refractivity contribution in [1.29, 1.82) is 0 Å². The van der Waals surface area contributed by atoms with Gasteiger partial charge in [0.15, 0.2) is 11.6 Å². The fraction of sp³-hybridized carbons (Fsp3) is 0.130. The van der Waals surface area contributed by atoms with Crippen molar-refractivity contribution in [3.63, 3.8) is 0 Å². The lowest BCUT2D eigenvalue weighted by molar-refractivity contribution is 0.290. The normalized spacial score (nSPS) is 13.0. The third kappa shape index (κ3) is 3.33. The molecule has 3 aromatic carbocycles. The summed E-state index contributed by atoms with van der Waals surface area (Å²) in [6, 6.07) is 20.1. The number of phenolic OH excluding ortho intramolecular Hbond substituents is 1. The molecule has 0 fully saturated rings. The number of allylic oxidation sites excluding steroid dienone is 1. The van der Waals surface area contributed by atoms with Crippen molar-refractivity contribution in [1.82, 2.24) is 0 Å². The highest BCUT2D eigenvalue weighted by Gasteiger charge is 2.18. The van der Waals surface area contributed by atoms with Crippen LogP contribution in [0.4, 0.5) is 4.39 Å². The van der Waals surface area contributed by atoms with E-state index in [-0.39, 0.29) is 11.6 Å². The second kappa shape index (κ2) is 7.04. The van der Waals surface area contributed by atoms with Crippen molar-refractivity contribution in [2.75, 3.05) is 0 Å². The minimum atomic E-state index is -0.355. The van der Waals surface area contributed by atoms with Crippen LogP contribution in [-0.4, -0.2) is 5.11 Å². The molecule has 1 N–H and O–H groups in total. The van der Waals surface area contributed by atoms with Crippen LogP contribution in [0.2, 0.25) is 0 Å². The van der Waals surface area contributed by atoms with E-state index in [1.165, 1.54) is 0 Å². The van der Waals surface area contributed by atoms with Gasteiger partial charge in [-0.15, -0.1) is 0 Å². The Labute approximate surface area is 152 Å². The highest BCUT2D eigenvalue weighted by atomic mass is 19.1. The largest absolute Gasteiger partial charge is 0.508 e. The number of aryl methyl sites for hydroxylation is 1. The Morgan fingerprint density at radius 2 is 1.73 bits per heavy atom. The second-order valence-electron chi connectivity index (χ2n) is 6.42. The van der Waals surface area contributed by atoms with Gasteiger partial charge in [-0.2, -0.15) is 0 Å². The van der Waals surface area contributed by atoms with Crippen LogP contribution in [0.5, 0.6) is 11.5 Å². The van der Waals surface area contributed by atoms with Gasteiger partial charge in [-0.1, -0.05) is 48.5 Å². The fourth-order valence-corrected chi connectivity index (χ4v) is 3.30. The number of halogens is 1. The van der Waals surface area contributed by atoms with Crippen LogP contribution in [0, 0.1) is 5.82 Å². The van der Waals surface area contributed by atoms with Gasteiger partial charge in [0.1, 0.15) is 12.4 Å². The van der Waals surface area contributed by atoms with E-state index in [1.807, 2.05) is 48.5 Å². The molecule has 3 aromatic rings. The molecule has 0 atom stereocenters. The van der Waals surface area contributed by atoms with Crippen LogP contribution in [0.25, 0.3) is 5.57 Å². The molecule has 3 heteroatoms. The zero-order chi connectivity index (χ0) is 17.9. The van der Waals surface area contributed by atoms with E-state index in [4.69, 9.17) is 4.74 Å². The van der Waals surface area contributed by atoms with Gasteiger partial charge in [-0.25, -0.2) is 4.39 Å². The Hall–Kier alpha value is -3.07. The molecular weight excluding hydrogens is 327 g/mol. The lowest BCUT2D eigenvalue weighted by Crippen LogP contribution is -2.05. The van der Waals surface area contributed by atoms with Crippen molar-refractivity contribution >= 4 is 5.57 Å². The molecule has 0 radical (unpaired) electrons. The van der Waals surface area contributed by atoms with Crippen molar-refractivity contribution in [3.8, 4) is 11.5 Å². The molecule has 1 aliphatic carbocycles. The SMILES string of the molecule is Oc1ccc(C2=CCCc3cc(OCc4ccccc4)c(F)cc32)cc1. The standard InChI is InChI=1S/C23H19FO2/c24-22-14-21-18(13-23(22)26-15-16-5-2-1-3-6-16)7-4-8-20(21)17-9-11-19(25)12-10-17/h1-3,5-6,8-14,25H,4,7,15H2. The Morgan fingerprint density at radius 3 is 2.50 bits per heavy atom. The molecule has 0 aromatic heterocycles. The number of ether oxygens (including phenoxy) is 1. The predicted molar refractivity (Wildman–Crippen MR) is 101 cm³/mol. The smallest absolute Gasteiger partial charge is 0.165 e. The molecule has 0 bridgehead atoms. The minimum absolute atomic E-state index is 0.223. The predicted octanol–water partition coefficient (Wildman–Crippen LogP) is 5.49. The summed E-state index contributed by atoms with van der Waals surface area (Å²) in [5.74, 6) is 0.159. The molecule has 2 nitrogen and oxygen atoms in total. The topological polar surface area (TPSA) is 29.5 Å². The van der Waals surface area contributed by atoms with E-state index in [0.29, 0.717) is 12.4 Å². The molecule has 0 unspecified atom stereocenters. The van der Waals surface area contributed by atoms with Gasteiger partial charge in [0, 0.05) is 0 Å². The molecule has 0 saturated heterocycles. The second-order valence-corrected chi connectivity index (χ2v) is 6.42. The molecule has 0 amide bonds. The van der Waals surface area contributed by atoms with Crippen molar-refractivity contribution in [2.24, 2.45) is 0 Å². The zero-order valence-electron chi connectivity index (χ0n) is 14.3. The fourth-order valence-electron chi connectivity index (χ4n) is 3.30. The summed E-state index contributed by atoms with van der Waals surface area (Å²) in [6.07, 6.45) is 3.88. The molecular formula is C23H19FO2. The third-order valence-electron chi connectivity index (χ3n) is 4.63. The minimum Gasteiger partial charge on any atom is -0.508 e. The van der Waals surface area contributed by atoms with Crippen molar-refractivity contribution in [3.05, 3.63) is 101 Å². The van der Waals surface area contributed by atoms with E-state index in [1.54, 1.807) is 18.2 Å². The van der Waals surface area contributed by atoms with Gasteiger partial charge in [0.05, 0.1) is 0 Å². The number of hydrogen-bond donors (Lipinski definition) is 1. The first-order valence-corrected chi connectivity index (χ1v) is 8.70. The number of aromatic hydroxyl groups is 1. The molecule has 0 saturated carbocycles. The van der Waals surface area contributed by atoms with Gasteiger partial charge in [-0.3, -0.25) is 0 Å². The monoisotopic (exact) mass is 346 g/mol. The van der Waals surface area contributed by atoms with Crippen molar-refractivity contribution in [2.45, 2.75) is 19.4 Å². The lowest BCUT2D eigenvalue weighted by atomic mass is 9.86. The first kappa shape index (κ1) is 16.4. The number of benzene rings is 3. The summed E-state index contributed by atoms with van der Waals surface area (Å²) in [7, 11) is 0. The molecule has 130 valence electrons. The maximum Gasteiger partial charge on any atom is 0.165 e. The molecule has 4 rings (SSSR count). The van der Waals surface area contributed by atoms with E-state index in [2.05, 4.69) is 6.08 Å². The van der Waals surface area contributed by atoms with Crippen LogP contribution in [0.15, 0.2) is 72.8 Å². The highest BCUT2D eigenvalue weighted by Crippen LogP contribution is 2.36. The van der Waals surface area contributed by atoms with E-state index in [9.17, 15) is 9.50 Å². The number of fused-ring (bicyclic) bond motifs is 1. The summed E-state index contributed by atoms with van der Waals surface area (Å²) in [5, 5.41) is 9.49. The quantitative estimate of drug-likeness (QED) is 0.677. The number of hydrogen-bond acceptors (Lipinski definition) is 2. The maximum absolute atomic E-state index is 14.6. The average molecular weight is 346 g/mol. The number of phenols is 1. The average Bonchev–Trinajstić information content (AvgIpc) is 2.67. The summed E-state index contributed by atoms with van der Waals surface area (Å²) in [4.78, 5) is 0. The number of rotatable bonds is 4. The Kier molecular flexibility index (Phi) is 4.44. The van der Waals surface area contributed by atoms with Crippen molar-refractivity contribution < 1.29 is 14.2 Å². The lowest BCUT2D eigenvalue weighted by Gasteiger charge is -2.20. The molecule has 26 heavy (non-hydrogen) atoms. The van der Waals surface area contributed by atoms with Crippen LogP contribution < -0.4 is 4.74 Å². The first-order valence-electron chi connectivity index (χ1n) is 8.70. The molecule has 0 heterocycles. The summed E-state index contributed by atoms with van der Waals surface area (Å²) >= 11 is 0. The third-order valence-corrected chi connectivity index (χ3v) is 4.63. The summed E-state index contributed by atoms with van der Waals surface area (Å²) < 4.78 is 20.4. The van der Waals surface area contributed by atoms with Gasteiger partial charge in [0.2, 0.25) is 0 Å². The van der Waals surface area contributed by atoms with Gasteiger partial charge < -0.3 is 9.84 Å². The van der Waals surface area contributed by atoms with Crippen LogP contribution in [0.3, 0.4) is 0 Å². The van der Waals surface area contributed by atoms with Crippen LogP contribution in [-0.2, 0) is 13.0 Å². The molecule has 0 spiro atoms. The van der Waals surface area contributed by atoms with Crippen LogP contribution in [0.1, 0.15) is 28.7 Å². The zero-order valence-corrected chi connectivity index (χ0v) is 14.3. The molecule has 0 aliphatic heterocycles. The maximum atomic E-state index is 14.6. The van der Waals surface area contributed by atoms with Gasteiger partial charge in [-0.05, 0) is 64.9 Å². The Bertz CT molecular complexity index is 944. The van der Waals surface area contributed by atoms with E-state index < -0.39 is 0 Å². The molecule has 1 aliphatic rings. The first-order chi connectivity index (χ1) is 12.7. The Morgan fingerprint density at radius 1 is 0.962 bits per heavy atom. The summed E-state index contributed by atoms with van der Waals surface area (Å²) in [6.45, 7) is 0.344. The highest BCUT2D eigenvalue weighted by molar-refractivity contribution is 5.83. The van der Waals surface area contributed by atoms with E-state index >= 15 is 0 Å². The Balaban J connectivity index is 1.62.